The Bertz CT molecular complexity index is 845. The fourth-order valence-corrected chi connectivity index (χ4v) is 3.07. The normalized spacial score (nSPS) is 21.0. The zero-order valence-corrected chi connectivity index (χ0v) is 12.4. The van der Waals surface area contributed by atoms with E-state index in [1.807, 2.05) is 18.2 Å². The second kappa shape index (κ2) is 5.61. The summed E-state index contributed by atoms with van der Waals surface area (Å²) in [6.45, 7) is 0. The third-order valence-electron chi connectivity index (χ3n) is 4.25. The van der Waals surface area contributed by atoms with Crippen LogP contribution < -0.4 is 5.32 Å². The summed E-state index contributed by atoms with van der Waals surface area (Å²) in [4.78, 5) is 8.76. The number of hydrogen-bond acceptors (Lipinski definition) is 3. The molecule has 1 saturated carbocycles. The van der Waals surface area contributed by atoms with E-state index >= 15 is 0 Å². The second-order valence-corrected chi connectivity index (χ2v) is 5.82. The predicted octanol–water partition coefficient (Wildman–Crippen LogP) is 3.84. The lowest BCUT2D eigenvalue weighted by molar-refractivity contribution is 0.323. The summed E-state index contributed by atoms with van der Waals surface area (Å²) in [5.41, 5.74) is 2.01. The van der Waals surface area contributed by atoms with Crippen LogP contribution in [-0.4, -0.2) is 26.6 Å². The van der Waals surface area contributed by atoms with Gasteiger partial charge in [-0.3, -0.25) is 4.40 Å². The molecule has 4 rings (SSSR count). The highest BCUT2D eigenvalue weighted by atomic mass is 19.1. The molecule has 1 N–H and O–H groups in total. The zero-order valence-electron chi connectivity index (χ0n) is 12.4. The summed E-state index contributed by atoms with van der Waals surface area (Å²) in [7, 11) is 0. The van der Waals surface area contributed by atoms with Gasteiger partial charge >= 0.3 is 0 Å². The predicted molar refractivity (Wildman–Crippen MR) is 84.5 cm³/mol. The first kappa shape index (κ1) is 14.1. The quantitative estimate of drug-likeness (QED) is 0.799. The van der Waals surface area contributed by atoms with Crippen LogP contribution in [0, 0.1) is 5.82 Å². The van der Waals surface area contributed by atoms with Crippen molar-refractivity contribution in [1.82, 2.24) is 14.4 Å². The molecule has 1 aliphatic carbocycles. The van der Waals surface area contributed by atoms with Crippen molar-refractivity contribution in [3.8, 4) is 11.4 Å². The van der Waals surface area contributed by atoms with Crippen molar-refractivity contribution in [1.29, 1.82) is 0 Å². The van der Waals surface area contributed by atoms with Gasteiger partial charge in [0.2, 0.25) is 0 Å². The van der Waals surface area contributed by atoms with Gasteiger partial charge in [0.05, 0.1) is 23.6 Å². The van der Waals surface area contributed by atoms with E-state index in [-0.39, 0.29) is 11.9 Å². The fraction of sp³-hybridized carbons (Fsp3) is 0.294. The minimum Gasteiger partial charge on any atom is -0.364 e. The van der Waals surface area contributed by atoms with Gasteiger partial charge in [-0.25, -0.2) is 18.7 Å². The SMILES string of the molecule is Fc1ccn2c(-c3cccc(N[C@H]4CCC[C@@H]4F)n3)cnc2c1. The Morgan fingerprint density at radius 2 is 2.13 bits per heavy atom. The molecule has 1 fully saturated rings. The van der Waals surface area contributed by atoms with Gasteiger partial charge in [0.15, 0.2) is 0 Å². The molecule has 3 heterocycles. The van der Waals surface area contributed by atoms with E-state index in [4.69, 9.17) is 0 Å². The number of nitrogens with zero attached hydrogens (tertiary/aromatic N) is 3. The van der Waals surface area contributed by atoms with Gasteiger partial charge in [-0.05, 0) is 37.5 Å². The summed E-state index contributed by atoms with van der Waals surface area (Å²) in [6, 6.07) is 8.14. The highest BCUT2D eigenvalue weighted by molar-refractivity contribution is 5.62. The van der Waals surface area contributed by atoms with Crippen molar-refractivity contribution >= 4 is 11.5 Å². The molecule has 1 aliphatic rings. The van der Waals surface area contributed by atoms with Gasteiger partial charge in [-0.1, -0.05) is 6.07 Å². The molecule has 4 nitrogen and oxygen atoms in total. The maximum Gasteiger partial charge on any atom is 0.140 e. The average molecular weight is 314 g/mol. The minimum absolute atomic E-state index is 0.172. The molecule has 0 unspecified atom stereocenters. The molecule has 0 spiro atoms. The van der Waals surface area contributed by atoms with Crippen LogP contribution >= 0.6 is 0 Å². The molecule has 0 aliphatic heterocycles. The number of imidazole rings is 1. The van der Waals surface area contributed by atoms with Gasteiger partial charge < -0.3 is 5.32 Å². The largest absolute Gasteiger partial charge is 0.364 e. The lowest BCUT2D eigenvalue weighted by Crippen LogP contribution is -2.25. The number of anilines is 1. The van der Waals surface area contributed by atoms with Crippen molar-refractivity contribution in [3.05, 3.63) is 48.5 Å². The first-order valence-electron chi connectivity index (χ1n) is 7.71. The Labute approximate surface area is 132 Å². The number of fused-ring (bicyclic) bond motifs is 1. The number of aromatic nitrogens is 3. The Balaban J connectivity index is 1.67. The third-order valence-corrected chi connectivity index (χ3v) is 4.25. The highest BCUT2D eigenvalue weighted by Gasteiger charge is 2.27. The molecule has 0 aromatic carbocycles. The highest BCUT2D eigenvalue weighted by Crippen LogP contribution is 2.26. The van der Waals surface area contributed by atoms with Crippen molar-refractivity contribution < 1.29 is 8.78 Å². The molecular formula is C17H16F2N4. The number of hydrogen-bond donors (Lipinski definition) is 1. The number of rotatable bonds is 3. The van der Waals surface area contributed by atoms with Gasteiger partial charge in [-0.2, -0.15) is 0 Å². The first-order valence-corrected chi connectivity index (χ1v) is 7.71. The van der Waals surface area contributed by atoms with Crippen molar-refractivity contribution in [3.63, 3.8) is 0 Å². The molecule has 0 amide bonds. The summed E-state index contributed by atoms with van der Waals surface area (Å²) in [6.07, 6.45) is 4.80. The van der Waals surface area contributed by atoms with E-state index in [1.54, 1.807) is 16.8 Å². The summed E-state index contributed by atoms with van der Waals surface area (Å²) in [5.74, 6) is 0.322. The molecule has 6 heteroatoms. The van der Waals surface area contributed by atoms with Crippen molar-refractivity contribution in [2.24, 2.45) is 0 Å². The van der Waals surface area contributed by atoms with Crippen LogP contribution in [0.1, 0.15) is 19.3 Å². The average Bonchev–Trinajstić information content (AvgIpc) is 3.14. The fourth-order valence-electron chi connectivity index (χ4n) is 3.07. The van der Waals surface area contributed by atoms with Crippen LogP contribution in [0.2, 0.25) is 0 Å². The maximum atomic E-state index is 13.8. The second-order valence-electron chi connectivity index (χ2n) is 5.82. The molecule has 3 aromatic heterocycles. The van der Waals surface area contributed by atoms with E-state index in [0.29, 0.717) is 23.6 Å². The maximum absolute atomic E-state index is 13.8. The number of pyridine rings is 2. The first-order chi connectivity index (χ1) is 11.2. The van der Waals surface area contributed by atoms with Crippen LogP contribution in [0.15, 0.2) is 42.7 Å². The van der Waals surface area contributed by atoms with E-state index < -0.39 is 6.17 Å². The summed E-state index contributed by atoms with van der Waals surface area (Å²) in [5, 5.41) is 3.17. The van der Waals surface area contributed by atoms with Crippen molar-refractivity contribution in [2.45, 2.75) is 31.5 Å². The van der Waals surface area contributed by atoms with Crippen molar-refractivity contribution in [2.75, 3.05) is 5.32 Å². The Kier molecular flexibility index (Phi) is 3.44. The molecule has 0 saturated heterocycles. The zero-order chi connectivity index (χ0) is 15.8. The number of alkyl halides is 1. The molecule has 2 atom stereocenters. The molecule has 23 heavy (non-hydrogen) atoms. The Hall–Kier alpha value is -2.50. The van der Waals surface area contributed by atoms with E-state index in [1.165, 1.54) is 12.1 Å². The van der Waals surface area contributed by atoms with Crippen LogP contribution in [0.25, 0.3) is 17.0 Å². The Morgan fingerprint density at radius 1 is 1.22 bits per heavy atom. The number of halogens is 2. The van der Waals surface area contributed by atoms with Gasteiger partial charge in [0, 0.05) is 12.3 Å². The molecule has 118 valence electrons. The van der Waals surface area contributed by atoms with Gasteiger partial charge in [0.25, 0.3) is 0 Å². The molecule has 0 radical (unpaired) electrons. The standard InChI is InChI=1S/C17H16F2N4/c18-11-7-8-23-15(10-20-17(23)9-11)14-5-2-6-16(22-14)21-13-4-1-3-12(13)19/h2,5-10,12-13H,1,3-4H2,(H,21,22)/t12-,13-/m0/s1. The lowest BCUT2D eigenvalue weighted by atomic mass is 10.2. The van der Waals surface area contributed by atoms with Crippen LogP contribution in [0.4, 0.5) is 14.6 Å². The summed E-state index contributed by atoms with van der Waals surface area (Å²) < 4.78 is 28.8. The Morgan fingerprint density at radius 3 is 2.96 bits per heavy atom. The van der Waals surface area contributed by atoms with Gasteiger partial charge in [-0.15, -0.1) is 0 Å². The smallest absolute Gasteiger partial charge is 0.140 e. The molecular weight excluding hydrogens is 298 g/mol. The topological polar surface area (TPSA) is 42.2 Å². The van der Waals surface area contributed by atoms with E-state index in [9.17, 15) is 8.78 Å². The van der Waals surface area contributed by atoms with E-state index in [0.717, 1.165) is 18.5 Å². The third kappa shape index (κ3) is 2.65. The van der Waals surface area contributed by atoms with Crippen LogP contribution in [0.5, 0.6) is 0 Å². The van der Waals surface area contributed by atoms with Crippen LogP contribution in [0.3, 0.4) is 0 Å². The summed E-state index contributed by atoms with van der Waals surface area (Å²) >= 11 is 0. The molecule has 0 bridgehead atoms. The monoisotopic (exact) mass is 314 g/mol. The minimum atomic E-state index is -0.820. The van der Waals surface area contributed by atoms with Gasteiger partial charge in [0.1, 0.15) is 23.5 Å². The number of nitrogens with one attached hydrogen (secondary N) is 1. The van der Waals surface area contributed by atoms with E-state index in [2.05, 4.69) is 15.3 Å². The van der Waals surface area contributed by atoms with Crippen LogP contribution in [-0.2, 0) is 0 Å². The molecule has 3 aromatic rings. The lowest BCUT2D eigenvalue weighted by Gasteiger charge is -2.16.